The van der Waals surface area contributed by atoms with Crippen LogP contribution < -0.4 is 5.32 Å². The van der Waals surface area contributed by atoms with Crippen molar-refractivity contribution in [1.29, 1.82) is 0 Å². The lowest BCUT2D eigenvalue weighted by Crippen LogP contribution is -2.25. The van der Waals surface area contributed by atoms with E-state index in [1.165, 1.54) is 11.5 Å². The van der Waals surface area contributed by atoms with Gasteiger partial charge in [-0.3, -0.25) is 0 Å². The van der Waals surface area contributed by atoms with Crippen LogP contribution in [0, 0.1) is 0 Å². The Morgan fingerprint density at radius 3 is 2.89 bits per heavy atom. The van der Waals surface area contributed by atoms with Gasteiger partial charge < -0.3 is 5.32 Å². The lowest BCUT2D eigenvalue weighted by Gasteiger charge is -2.17. The highest BCUT2D eigenvalue weighted by Crippen LogP contribution is 2.26. The van der Waals surface area contributed by atoms with E-state index in [1.807, 2.05) is 10.9 Å². The molecule has 1 atom stereocenters. The van der Waals surface area contributed by atoms with Crippen LogP contribution in [0.3, 0.4) is 0 Å². The van der Waals surface area contributed by atoms with Crippen molar-refractivity contribution in [3.8, 4) is 0 Å². The summed E-state index contributed by atoms with van der Waals surface area (Å²) in [5.41, 5.74) is 2.12. The summed E-state index contributed by atoms with van der Waals surface area (Å²) in [5.74, 6) is 0. The van der Waals surface area contributed by atoms with Crippen molar-refractivity contribution in [2.24, 2.45) is 0 Å². The fourth-order valence-corrected chi connectivity index (χ4v) is 2.78. The zero-order valence-corrected chi connectivity index (χ0v) is 11.7. The number of nitrogens with one attached hydrogen (secondary N) is 1. The summed E-state index contributed by atoms with van der Waals surface area (Å²) in [7, 11) is 0. The highest BCUT2D eigenvalue weighted by atomic mass is 32.1. The Bertz CT molecular complexity index is 449. The number of hydrogen-bond donors (Lipinski definition) is 1. The predicted octanol–water partition coefficient (Wildman–Crippen LogP) is 1.41. The standard InChI is InChI=1S/C11H18N6S/c1-4-8-11(18-16-14-8)10(12-5-2)9-7-13-15-17(9)6-3/h7,10,12H,4-6H2,1-3H3. The van der Waals surface area contributed by atoms with E-state index in [-0.39, 0.29) is 6.04 Å². The average Bonchev–Trinajstić information content (AvgIpc) is 3.04. The Kier molecular flexibility index (Phi) is 4.38. The largest absolute Gasteiger partial charge is 0.304 e. The van der Waals surface area contributed by atoms with Gasteiger partial charge >= 0.3 is 0 Å². The third kappa shape index (κ3) is 2.41. The summed E-state index contributed by atoms with van der Waals surface area (Å²) < 4.78 is 5.97. The van der Waals surface area contributed by atoms with Crippen LogP contribution in [-0.4, -0.2) is 31.1 Å². The summed E-state index contributed by atoms with van der Waals surface area (Å²) in [6.07, 6.45) is 2.71. The topological polar surface area (TPSA) is 68.5 Å². The molecule has 0 amide bonds. The second-order valence-corrected chi connectivity index (χ2v) is 4.69. The van der Waals surface area contributed by atoms with Crippen LogP contribution in [-0.2, 0) is 13.0 Å². The molecular weight excluding hydrogens is 248 g/mol. The lowest BCUT2D eigenvalue weighted by atomic mass is 10.1. The molecule has 0 radical (unpaired) electrons. The fourth-order valence-electron chi connectivity index (χ4n) is 1.95. The molecule has 98 valence electrons. The van der Waals surface area contributed by atoms with E-state index in [0.717, 1.165) is 35.8 Å². The maximum atomic E-state index is 4.18. The minimum Gasteiger partial charge on any atom is -0.304 e. The molecule has 0 aliphatic carbocycles. The molecule has 2 aromatic rings. The first-order valence-corrected chi connectivity index (χ1v) is 7.01. The lowest BCUT2D eigenvalue weighted by molar-refractivity contribution is 0.536. The summed E-state index contributed by atoms with van der Waals surface area (Å²) in [5, 5.41) is 15.7. The third-order valence-corrected chi connectivity index (χ3v) is 3.66. The number of aromatic nitrogens is 5. The molecule has 0 aliphatic rings. The van der Waals surface area contributed by atoms with Crippen molar-refractivity contribution >= 4 is 11.5 Å². The molecule has 6 nitrogen and oxygen atoms in total. The van der Waals surface area contributed by atoms with E-state index >= 15 is 0 Å². The number of hydrogen-bond acceptors (Lipinski definition) is 6. The monoisotopic (exact) mass is 266 g/mol. The van der Waals surface area contributed by atoms with Gasteiger partial charge in [0.15, 0.2) is 0 Å². The molecule has 0 saturated heterocycles. The molecule has 0 aliphatic heterocycles. The van der Waals surface area contributed by atoms with E-state index in [0.29, 0.717) is 0 Å². The first-order chi connectivity index (χ1) is 8.81. The molecule has 0 aromatic carbocycles. The van der Waals surface area contributed by atoms with Crippen molar-refractivity contribution < 1.29 is 0 Å². The van der Waals surface area contributed by atoms with Crippen LogP contribution in [0.4, 0.5) is 0 Å². The SMILES string of the molecule is CCNC(c1snnc1CC)c1cnnn1CC. The smallest absolute Gasteiger partial charge is 0.0893 e. The predicted molar refractivity (Wildman–Crippen MR) is 70.5 cm³/mol. The molecule has 2 heterocycles. The van der Waals surface area contributed by atoms with Gasteiger partial charge in [0.05, 0.1) is 28.5 Å². The quantitative estimate of drug-likeness (QED) is 0.856. The van der Waals surface area contributed by atoms with Gasteiger partial charge in [0, 0.05) is 6.54 Å². The van der Waals surface area contributed by atoms with Crippen molar-refractivity contribution in [1.82, 2.24) is 29.9 Å². The summed E-state index contributed by atoms with van der Waals surface area (Å²) in [6, 6.07) is 0.0832. The normalized spacial score (nSPS) is 12.8. The first kappa shape index (κ1) is 13.1. The Morgan fingerprint density at radius 1 is 1.39 bits per heavy atom. The molecule has 1 N–H and O–H groups in total. The van der Waals surface area contributed by atoms with E-state index in [2.05, 4.69) is 46.0 Å². The van der Waals surface area contributed by atoms with Gasteiger partial charge in [-0.15, -0.1) is 10.2 Å². The van der Waals surface area contributed by atoms with Gasteiger partial charge in [-0.05, 0) is 31.4 Å². The van der Waals surface area contributed by atoms with Gasteiger partial charge in [-0.2, -0.15) is 0 Å². The second kappa shape index (κ2) is 6.01. The van der Waals surface area contributed by atoms with Crippen LogP contribution in [0.5, 0.6) is 0 Å². The maximum Gasteiger partial charge on any atom is 0.0893 e. The highest BCUT2D eigenvalue weighted by molar-refractivity contribution is 7.05. The molecule has 0 saturated carbocycles. The van der Waals surface area contributed by atoms with E-state index in [4.69, 9.17) is 0 Å². The molecule has 0 fully saturated rings. The summed E-state index contributed by atoms with van der Waals surface area (Å²) in [4.78, 5) is 1.16. The van der Waals surface area contributed by atoms with Gasteiger partial charge in [0.25, 0.3) is 0 Å². The van der Waals surface area contributed by atoms with Crippen LogP contribution in [0.2, 0.25) is 0 Å². The Morgan fingerprint density at radius 2 is 2.22 bits per heavy atom. The molecule has 1 unspecified atom stereocenters. The van der Waals surface area contributed by atoms with Crippen molar-refractivity contribution in [3.63, 3.8) is 0 Å². The fraction of sp³-hybridized carbons (Fsp3) is 0.636. The molecular formula is C11H18N6S. The molecule has 2 aromatic heterocycles. The molecule has 2 rings (SSSR count). The van der Waals surface area contributed by atoms with Gasteiger partial charge in [0.2, 0.25) is 0 Å². The first-order valence-electron chi connectivity index (χ1n) is 6.24. The molecule has 7 heteroatoms. The maximum absolute atomic E-state index is 4.18. The Labute approximate surface area is 111 Å². The van der Waals surface area contributed by atoms with Crippen LogP contribution in [0.25, 0.3) is 0 Å². The van der Waals surface area contributed by atoms with Crippen LogP contribution >= 0.6 is 11.5 Å². The number of aryl methyl sites for hydroxylation is 2. The Hall–Kier alpha value is -1.34. The number of nitrogens with zero attached hydrogens (tertiary/aromatic N) is 5. The van der Waals surface area contributed by atoms with Crippen molar-refractivity contribution in [2.45, 2.75) is 39.8 Å². The van der Waals surface area contributed by atoms with Crippen molar-refractivity contribution in [2.75, 3.05) is 6.54 Å². The summed E-state index contributed by atoms with van der Waals surface area (Å²) in [6.45, 7) is 7.93. The molecule has 0 bridgehead atoms. The number of rotatable bonds is 6. The van der Waals surface area contributed by atoms with E-state index in [1.54, 1.807) is 0 Å². The average molecular weight is 266 g/mol. The second-order valence-electron chi connectivity index (χ2n) is 3.90. The van der Waals surface area contributed by atoms with Crippen LogP contribution in [0.15, 0.2) is 6.20 Å². The van der Waals surface area contributed by atoms with Gasteiger partial charge in [-0.25, -0.2) is 4.68 Å². The van der Waals surface area contributed by atoms with Crippen LogP contribution in [0.1, 0.15) is 43.1 Å². The van der Waals surface area contributed by atoms with Crippen molar-refractivity contribution in [3.05, 3.63) is 22.5 Å². The Balaban J connectivity index is 2.40. The molecule has 0 spiro atoms. The van der Waals surface area contributed by atoms with E-state index in [9.17, 15) is 0 Å². The highest BCUT2D eigenvalue weighted by Gasteiger charge is 2.23. The van der Waals surface area contributed by atoms with E-state index < -0.39 is 0 Å². The zero-order valence-electron chi connectivity index (χ0n) is 10.9. The minimum atomic E-state index is 0.0832. The summed E-state index contributed by atoms with van der Waals surface area (Å²) >= 11 is 1.45. The van der Waals surface area contributed by atoms with Gasteiger partial charge in [0.1, 0.15) is 0 Å². The molecule has 18 heavy (non-hydrogen) atoms. The minimum absolute atomic E-state index is 0.0832. The third-order valence-electron chi connectivity index (χ3n) is 2.83. The van der Waals surface area contributed by atoms with Gasteiger partial charge in [-0.1, -0.05) is 23.5 Å². The zero-order chi connectivity index (χ0) is 13.0.